The molecule has 0 atom stereocenters. The number of para-hydroxylation sites is 1. The van der Waals surface area contributed by atoms with Gasteiger partial charge in [0.15, 0.2) is 0 Å². The Morgan fingerprint density at radius 2 is 1.44 bits per heavy atom. The number of aryl methyl sites for hydroxylation is 3. The van der Waals surface area contributed by atoms with Crippen molar-refractivity contribution in [2.24, 2.45) is 5.41 Å². The van der Waals surface area contributed by atoms with Crippen molar-refractivity contribution in [1.29, 1.82) is 0 Å². The molecule has 0 radical (unpaired) electrons. The topological polar surface area (TPSA) is 58.2 Å². The summed E-state index contributed by atoms with van der Waals surface area (Å²) in [4.78, 5) is 25.3. The number of amides is 2. The number of anilines is 2. The maximum atomic E-state index is 12.7. The van der Waals surface area contributed by atoms with Gasteiger partial charge in [-0.25, -0.2) is 0 Å². The van der Waals surface area contributed by atoms with Crippen LogP contribution in [0, 0.1) is 26.2 Å². The van der Waals surface area contributed by atoms with Crippen molar-refractivity contribution in [3.05, 3.63) is 58.1 Å². The molecule has 4 nitrogen and oxygen atoms in total. The standard InChI is InChI=1S/C20H23ClN2O2/c1-12-9-10-15(11-16(12)21)22-18(24)20(4,5)19(25)23-17-13(2)7-6-8-14(17)3/h6-11H,1-5H3,(H,22,24)(H,23,25). The lowest BCUT2D eigenvalue weighted by Gasteiger charge is -2.24. The number of halogens is 1. The summed E-state index contributed by atoms with van der Waals surface area (Å²) in [6.45, 7) is 8.92. The second kappa shape index (κ2) is 7.28. The Morgan fingerprint density at radius 1 is 0.880 bits per heavy atom. The fourth-order valence-electron chi connectivity index (χ4n) is 2.34. The number of hydrogen-bond acceptors (Lipinski definition) is 2. The predicted octanol–water partition coefficient (Wildman–Crippen LogP) is 4.87. The lowest BCUT2D eigenvalue weighted by atomic mass is 9.90. The summed E-state index contributed by atoms with van der Waals surface area (Å²) in [5.74, 6) is -0.753. The molecule has 5 heteroatoms. The van der Waals surface area contributed by atoms with E-state index in [0.29, 0.717) is 10.7 Å². The first-order valence-corrected chi connectivity index (χ1v) is 8.46. The number of carbonyl (C=O) groups excluding carboxylic acids is 2. The van der Waals surface area contributed by atoms with Gasteiger partial charge >= 0.3 is 0 Å². The Kier molecular flexibility index (Phi) is 5.53. The lowest BCUT2D eigenvalue weighted by Crippen LogP contribution is -2.41. The molecular formula is C20H23ClN2O2. The van der Waals surface area contributed by atoms with Gasteiger partial charge in [0.25, 0.3) is 0 Å². The number of hydrogen-bond donors (Lipinski definition) is 2. The summed E-state index contributed by atoms with van der Waals surface area (Å²) in [5.41, 5.74) is 2.89. The fraction of sp³-hybridized carbons (Fsp3) is 0.300. The second-order valence-corrected chi connectivity index (χ2v) is 7.17. The van der Waals surface area contributed by atoms with Crippen LogP contribution in [0.4, 0.5) is 11.4 Å². The van der Waals surface area contributed by atoms with Gasteiger partial charge < -0.3 is 10.6 Å². The van der Waals surface area contributed by atoms with E-state index in [2.05, 4.69) is 10.6 Å². The van der Waals surface area contributed by atoms with Crippen molar-refractivity contribution in [2.45, 2.75) is 34.6 Å². The first-order chi connectivity index (χ1) is 11.6. The van der Waals surface area contributed by atoms with Crippen molar-refractivity contribution >= 4 is 34.8 Å². The Labute approximate surface area is 153 Å². The van der Waals surface area contributed by atoms with Crippen molar-refractivity contribution in [3.8, 4) is 0 Å². The van der Waals surface area contributed by atoms with Crippen LogP contribution < -0.4 is 10.6 Å². The summed E-state index contributed by atoms with van der Waals surface area (Å²) < 4.78 is 0. The highest BCUT2D eigenvalue weighted by molar-refractivity contribution is 6.31. The average molecular weight is 359 g/mol. The van der Waals surface area contributed by atoms with E-state index in [0.717, 1.165) is 22.4 Å². The van der Waals surface area contributed by atoms with E-state index in [1.165, 1.54) is 0 Å². The van der Waals surface area contributed by atoms with Crippen LogP contribution in [-0.2, 0) is 9.59 Å². The average Bonchev–Trinajstić information content (AvgIpc) is 2.54. The van der Waals surface area contributed by atoms with Crippen LogP contribution in [0.5, 0.6) is 0 Å². The van der Waals surface area contributed by atoms with Gasteiger partial charge in [0.1, 0.15) is 5.41 Å². The molecule has 0 saturated carbocycles. The van der Waals surface area contributed by atoms with Gasteiger partial charge in [-0.2, -0.15) is 0 Å². The van der Waals surface area contributed by atoms with Gasteiger partial charge in [0, 0.05) is 16.4 Å². The van der Waals surface area contributed by atoms with Crippen molar-refractivity contribution in [1.82, 2.24) is 0 Å². The molecule has 0 aliphatic carbocycles. The van der Waals surface area contributed by atoms with Crippen molar-refractivity contribution in [3.63, 3.8) is 0 Å². The van der Waals surface area contributed by atoms with E-state index >= 15 is 0 Å². The molecule has 2 aromatic rings. The van der Waals surface area contributed by atoms with Crippen LogP contribution in [0.3, 0.4) is 0 Å². The molecular weight excluding hydrogens is 336 g/mol. The Bertz CT molecular complexity index is 808. The first-order valence-electron chi connectivity index (χ1n) is 8.08. The van der Waals surface area contributed by atoms with Gasteiger partial charge in [0.2, 0.25) is 11.8 Å². The van der Waals surface area contributed by atoms with E-state index in [9.17, 15) is 9.59 Å². The Hall–Kier alpha value is -2.33. The Balaban J connectivity index is 2.17. The van der Waals surface area contributed by atoms with Gasteiger partial charge in [0.05, 0.1) is 0 Å². The minimum atomic E-state index is -1.24. The van der Waals surface area contributed by atoms with Crippen LogP contribution >= 0.6 is 11.6 Å². The molecule has 0 heterocycles. The molecule has 0 unspecified atom stereocenters. The largest absolute Gasteiger partial charge is 0.325 e. The zero-order valence-electron chi connectivity index (χ0n) is 15.2. The van der Waals surface area contributed by atoms with Crippen LogP contribution in [0.1, 0.15) is 30.5 Å². The highest BCUT2D eigenvalue weighted by Crippen LogP contribution is 2.26. The van der Waals surface area contributed by atoms with E-state index in [1.807, 2.05) is 45.0 Å². The SMILES string of the molecule is Cc1ccc(NC(=O)C(C)(C)C(=O)Nc2c(C)cccc2C)cc1Cl. The highest BCUT2D eigenvalue weighted by Gasteiger charge is 2.36. The van der Waals surface area contributed by atoms with Gasteiger partial charge in [-0.3, -0.25) is 9.59 Å². The van der Waals surface area contributed by atoms with Gasteiger partial charge in [-0.1, -0.05) is 35.9 Å². The van der Waals surface area contributed by atoms with E-state index in [-0.39, 0.29) is 5.91 Å². The molecule has 132 valence electrons. The monoisotopic (exact) mass is 358 g/mol. The third kappa shape index (κ3) is 4.20. The van der Waals surface area contributed by atoms with E-state index < -0.39 is 11.3 Å². The van der Waals surface area contributed by atoms with Gasteiger partial charge in [-0.15, -0.1) is 0 Å². The minimum absolute atomic E-state index is 0.361. The fourth-order valence-corrected chi connectivity index (χ4v) is 2.52. The molecule has 0 saturated heterocycles. The molecule has 2 aromatic carbocycles. The molecule has 0 spiro atoms. The third-order valence-corrected chi connectivity index (χ3v) is 4.69. The van der Waals surface area contributed by atoms with Crippen LogP contribution in [0.25, 0.3) is 0 Å². The van der Waals surface area contributed by atoms with Crippen LogP contribution in [-0.4, -0.2) is 11.8 Å². The zero-order valence-corrected chi connectivity index (χ0v) is 15.9. The van der Waals surface area contributed by atoms with Crippen molar-refractivity contribution in [2.75, 3.05) is 10.6 Å². The second-order valence-electron chi connectivity index (χ2n) is 6.76. The molecule has 0 aliphatic heterocycles. The Morgan fingerprint density at radius 3 is 2.00 bits per heavy atom. The number of rotatable bonds is 4. The summed E-state index contributed by atoms with van der Waals surface area (Å²) in [6.07, 6.45) is 0. The first kappa shape index (κ1) is 19.0. The summed E-state index contributed by atoms with van der Waals surface area (Å²) in [6, 6.07) is 11.0. The molecule has 2 N–H and O–H groups in total. The number of benzene rings is 2. The lowest BCUT2D eigenvalue weighted by molar-refractivity contribution is -0.135. The molecule has 0 fully saturated rings. The maximum Gasteiger partial charge on any atom is 0.239 e. The molecule has 2 rings (SSSR count). The molecule has 0 aliphatic rings. The number of carbonyl (C=O) groups is 2. The van der Waals surface area contributed by atoms with E-state index in [1.54, 1.807) is 26.0 Å². The minimum Gasteiger partial charge on any atom is -0.325 e. The smallest absolute Gasteiger partial charge is 0.239 e. The highest BCUT2D eigenvalue weighted by atomic mass is 35.5. The quantitative estimate of drug-likeness (QED) is 0.766. The summed E-state index contributed by atoms with van der Waals surface area (Å²) in [7, 11) is 0. The molecule has 2 amide bonds. The van der Waals surface area contributed by atoms with Crippen molar-refractivity contribution < 1.29 is 9.59 Å². The predicted molar refractivity (Wildman–Crippen MR) is 103 cm³/mol. The third-order valence-electron chi connectivity index (χ3n) is 4.28. The maximum absolute atomic E-state index is 12.7. The van der Waals surface area contributed by atoms with Crippen LogP contribution in [0.2, 0.25) is 5.02 Å². The molecule has 25 heavy (non-hydrogen) atoms. The molecule has 0 bridgehead atoms. The summed E-state index contributed by atoms with van der Waals surface area (Å²) >= 11 is 6.09. The summed E-state index contributed by atoms with van der Waals surface area (Å²) in [5, 5.41) is 6.21. The number of nitrogens with one attached hydrogen (secondary N) is 2. The zero-order chi connectivity index (χ0) is 18.8. The van der Waals surface area contributed by atoms with Gasteiger partial charge in [-0.05, 0) is 63.4 Å². The normalized spacial score (nSPS) is 11.1. The van der Waals surface area contributed by atoms with Crippen LogP contribution in [0.15, 0.2) is 36.4 Å². The molecule has 0 aromatic heterocycles. The van der Waals surface area contributed by atoms with E-state index in [4.69, 9.17) is 11.6 Å².